The Kier molecular flexibility index (Phi) is 2.74. The quantitative estimate of drug-likeness (QED) is 0.859. The van der Waals surface area contributed by atoms with Gasteiger partial charge in [-0.3, -0.25) is 9.59 Å². The lowest BCUT2D eigenvalue weighted by Gasteiger charge is -2.44. The van der Waals surface area contributed by atoms with Crippen LogP contribution in [0.3, 0.4) is 0 Å². The molecule has 1 heterocycles. The van der Waals surface area contributed by atoms with Gasteiger partial charge in [0, 0.05) is 11.3 Å². The number of rotatable bonds is 1. The molecule has 19 heavy (non-hydrogen) atoms. The van der Waals surface area contributed by atoms with E-state index < -0.39 is 16.9 Å². The van der Waals surface area contributed by atoms with Gasteiger partial charge in [-0.15, -0.1) is 11.3 Å². The average molecular weight is 278 g/mol. The maximum absolute atomic E-state index is 12.6. The highest BCUT2D eigenvalue weighted by Crippen LogP contribution is 2.52. The van der Waals surface area contributed by atoms with Crippen LogP contribution in [-0.2, 0) is 11.2 Å². The Balaban J connectivity index is 1.94. The number of ketones is 2. The molecule has 3 atom stereocenters. The maximum Gasteiger partial charge on any atom is 0.179 e. The first-order valence-corrected chi connectivity index (χ1v) is 7.58. The molecule has 2 aliphatic rings. The fourth-order valence-electron chi connectivity index (χ4n) is 3.69. The second kappa shape index (κ2) is 4.00. The summed E-state index contributed by atoms with van der Waals surface area (Å²) >= 11 is 1.50. The molecule has 102 valence electrons. The molecule has 1 saturated carbocycles. The summed E-state index contributed by atoms with van der Waals surface area (Å²) in [5.41, 5.74) is -0.271. The van der Waals surface area contributed by atoms with Crippen molar-refractivity contribution in [3.63, 3.8) is 0 Å². The zero-order valence-corrected chi connectivity index (χ0v) is 12.0. The van der Waals surface area contributed by atoms with Gasteiger partial charge in [-0.1, -0.05) is 0 Å². The highest BCUT2D eigenvalue weighted by molar-refractivity contribution is 7.12. The van der Waals surface area contributed by atoms with Gasteiger partial charge in [0.15, 0.2) is 5.78 Å². The third-order valence-corrected chi connectivity index (χ3v) is 5.86. The topological polar surface area (TPSA) is 54.4 Å². The van der Waals surface area contributed by atoms with Crippen LogP contribution in [0, 0.1) is 11.3 Å². The van der Waals surface area contributed by atoms with Gasteiger partial charge in [-0.2, -0.15) is 0 Å². The minimum absolute atomic E-state index is 0.00729. The molecule has 0 saturated heterocycles. The van der Waals surface area contributed by atoms with Gasteiger partial charge >= 0.3 is 0 Å². The SMILES string of the molecule is CC(=O)C1CC2(CCC1(C)O)Cc1ccsc1C2=O. The highest BCUT2D eigenvalue weighted by Gasteiger charge is 2.54. The van der Waals surface area contributed by atoms with Crippen LogP contribution < -0.4 is 0 Å². The molecule has 0 amide bonds. The lowest BCUT2D eigenvalue weighted by molar-refractivity contribution is -0.136. The Morgan fingerprint density at radius 2 is 2.21 bits per heavy atom. The second-order valence-corrected chi connectivity index (χ2v) is 7.20. The third kappa shape index (κ3) is 1.81. The Labute approximate surface area is 116 Å². The maximum atomic E-state index is 12.6. The molecule has 1 spiro atoms. The van der Waals surface area contributed by atoms with Gasteiger partial charge in [-0.05, 0) is 56.5 Å². The van der Waals surface area contributed by atoms with Crippen molar-refractivity contribution in [3.8, 4) is 0 Å². The van der Waals surface area contributed by atoms with Crippen LogP contribution in [0.5, 0.6) is 0 Å². The van der Waals surface area contributed by atoms with E-state index in [1.54, 1.807) is 6.92 Å². The third-order valence-electron chi connectivity index (χ3n) is 4.91. The minimum Gasteiger partial charge on any atom is -0.389 e. The Morgan fingerprint density at radius 1 is 1.47 bits per heavy atom. The predicted molar refractivity (Wildman–Crippen MR) is 73.4 cm³/mol. The molecule has 0 bridgehead atoms. The predicted octanol–water partition coefficient (Wildman–Crippen LogP) is 2.61. The molecule has 1 fully saturated rings. The second-order valence-electron chi connectivity index (χ2n) is 6.29. The Morgan fingerprint density at radius 3 is 2.84 bits per heavy atom. The number of hydrogen-bond acceptors (Lipinski definition) is 4. The summed E-state index contributed by atoms with van der Waals surface area (Å²) in [6, 6.07) is 2.02. The molecule has 3 rings (SSSR count). The molecular formula is C15H18O3S. The summed E-state index contributed by atoms with van der Waals surface area (Å²) in [5.74, 6) is -0.231. The zero-order valence-electron chi connectivity index (χ0n) is 11.2. The summed E-state index contributed by atoms with van der Waals surface area (Å²) in [6.45, 7) is 3.24. The standard InChI is InChI=1S/C15H18O3S/c1-9(16)11-8-15(5-4-14(11,2)18)7-10-3-6-19-12(10)13(15)17/h3,6,11,18H,4-5,7-8H2,1-2H3. The van der Waals surface area contributed by atoms with E-state index in [4.69, 9.17) is 0 Å². The molecule has 2 aliphatic carbocycles. The molecule has 1 aromatic rings. The summed E-state index contributed by atoms with van der Waals surface area (Å²) < 4.78 is 0. The summed E-state index contributed by atoms with van der Waals surface area (Å²) in [4.78, 5) is 25.3. The van der Waals surface area contributed by atoms with Crippen molar-refractivity contribution in [1.29, 1.82) is 0 Å². The first kappa shape index (κ1) is 13.0. The van der Waals surface area contributed by atoms with Crippen LogP contribution in [0.1, 0.15) is 48.3 Å². The average Bonchev–Trinajstić information content (AvgIpc) is 2.86. The smallest absolute Gasteiger partial charge is 0.179 e. The van der Waals surface area contributed by atoms with Gasteiger partial charge in [-0.25, -0.2) is 0 Å². The molecule has 1 aromatic heterocycles. The molecule has 3 unspecified atom stereocenters. The van der Waals surface area contributed by atoms with Crippen LogP contribution in [0.25, 0.3) is 0 Å². The van der Waals surface area contributed by atoms with Crippen LogP contribution in [0.4, 0.5) is 0 Å². The van der Waals surface area contributed by atoms with Crippen LogP contribution >= 0.6 is 11.3 Å². The van der Waals surface area contributed by atoms with E-state index in [9.17, 15) is 14.7 Å². The normalized spacial score (nSPS) is 37.6. The van der Waals surface area contributed by atoms with Crippen molar-refractivity contribution in [2.45, 2.75) is 45.1 Å². The van der Waals surface area contributed by atoms with Gasteiger partial charge in [0.2, 0.25) is 0 Å². The van der Waals surface area contributed by atoms with Crippen molar-refractivity contribution >= 4 is 22.9 Å². The lowest BCUT2D eigenvalue weighted by atomic mass is 9.61. The molecular weight excluding hydrogens is 260 g/mol. The number of carbonyl (C=O) groups is 2. The number of fused-ring (bicyclic) bond motifs is 1. The van der Waals surface area contributed by atoms with Gasteiger partial charge in [0.25, 0.3) is 0 Å². The summed E-state index contributed by atoms with van der Waals surface area (Å²) in [5, 5.41) is 12.3. The highest BCUT2D eigenvalue weighted by atomic mass is 32.1. The zero-order chi connectivity index (χ0) is 13.8. The monoisotopic (exact) mass is 278 g/mol. The Bertz CT molecular complexity index is 557. The van der Waals surface area contributed by atoms with Crippen molar-refractivity contribution in [2.75, 3.05) is 0 Å². The number of hydrogen-bond donors (Lipinski definition) is 1. The number of thiophene rings is 1. The van der Waals surface area contributed by atoms with E-state index >= 15 is 0 Å². The van der Waals surface area contributed by atoms with E-state index in [1.165, 1.54) is 18.3 Å². The van der Waals surface area contributed by atoms with Crippen LogP contribution in [-0.4, -0.2) is 22.3 Å². The van der Waals surface area contributed by atoms with Crippen molar-refractivity contribution in [1.82, 2.24) is 0 Å². The van der Waals surface area contributed by atoms with Crippen molar-refractivity contribution in [2.24, 2.45) is 11.3 Å². The van der Waals surface area contributed by atoms with Gasteiger partial charge < -0.3 is 5.11 Å². The number of aliphatic hydroxyl groups is 1. The van der Waals surface area contributed by atoms with Gasteiger partial charge in [0.05, 0.1) is 10.5 Å². The Hall–Kier alpha value is -1.00. The van der Waals surface area contributed by atoms with Crippen molar-refractivity contribution in [3.05, 3.63) is 21.9 Å². The fourth-order valence-corrected chi connectivity index (χ4v) is 4.67. The fraction of sp³-hybridized carbons (Fsp3) is 0.600. The summed E-state index contributed by atoms with van der Waals surface area (Å²) in [7, 11) is 0. The van der Waals surface area contributed by atoms with Crippen LogP contribution in [0.2, 0.25) is 0 Å². The molecule has 0 aliphatic heterocycles. The molecule has 0 radical (unpaired) electrons. The molecule has 4 heteroatoms. The molecule has 3 nitrogen and oxygen atoms in total. The van der Waals surface area contributed by atoms with Crippen molar-refractivity contribution < 1.29 is 14.7 Å². The first-order valence-electron chi connectivity index (χ1n) is 6.70. The summed E-state index contributed by atoms with van der Waals surface area (Å²) in [6.07, 6.45) is 2.45. The van der Waals surface area contributed by atoms with E-state index in [0.717, 1.165) is 16.9 Å². The van der Waals surface area contributed by atoms with E-state index in [1.807, 2.05) is 11.4 Å². The van der Waals surface area contributed by atoms with E-state index in [0.29, 0.717) is 19.3 Å². The largest absolute Gasteiger partial charge is 0.389 e. The minimum atomic E-state index is -0.965. The van der Waals surface area contributed by atoms with Gasteiger partial charge in [0.1, 0.15) is 5.78 Å². The molecule has 0 aromatic carbocycles. The van der Waals surface area contributed by atoms with Crippen LogP contribution in [0.15, 0.2) is 11.4 Å². The molecule has 1 N–H and O–H groups in total. The number of carbonyl (C=O) groups excluding carboxylic acids is 2. The van der Waals surface area contributed by atoms with E-state index in [2.05, 4.69) is 0 Å². The number of Topliss-reactive ketones (excluding diaryl/α,β-unsaturated/α-hetero) is 2. The van der Waals surface area contributed by atoms with E-state index in [-0.39, 0.29) is 11.6 Å². The first-order chi connectivity index (χ1) is 8.86. The lowest BCUT2D eigenvalue weighted by Crippen LogP contribution is -2.49.